The minimum Gasteiger partial charge on any atom is -0.465 e. The van der Waals surface area contributed by atoms with Gasteiger partial charge in [0, 0.05) is 31.8 Å². The van der Waals surface area contributed by atoms with Crippen molar-refractivity contribution in [2.45, 2.75) is 18.4 Å². The summed E-state index contributed by atoms with van der Waals surface area (Å²) in [4.78, 5) is 29.6. The van der Waals surface area contributed by atoms with Gasteiger partial charge < -0.3 is 18.8 Å². The van der Waals surface area contributed by atoms with Crippen LogP contribution < -0.4 is 14.3 Å². The highest BCUT2D eigenvalue weighted by Crippen LogP contribution is 2.37. The number of aromatic nitrogens is 1. The fraction of sp³-hybridized carbons (Fsp3) is 0.286. The van der Waals surface area contributed by atoms with Crippen molar-refractivity contribution < 1.29 is 32.2 Å². The standard InChI is InChI=1S/C21H21N3O7S2/c1-4-29-19(25)11-24-15-9-16-17(31-12-30-16)10-18(15)32-21(24)22-20(26)13-5-7-14(8-6-13)33(27,28)23(2)3/h5-10H,4,11-12H2,1-3H3. The second kappa shape index (κ2) is 8.96. The van der Waals surface area contributed by atoms with Crippen molar-refractivity contribution in [2.24, 2.45) is 4.99 Å². The van der Waals surface area contributed by atoms with E-state index in [1.807, 2.05) is 0 Å². The molecule has 3 aromatic rings. The Morgan fingerprint density at radius 2 is 1.82 bits per heavy atom. The number of rotatable bonds is 6. The van der Waals surface area contributed by atoms with Gasteiger partial charge in [0.05, 0.1) is 21.7 Å². The molecular weight excluding hydrogens is 470 g/mol. The van der Waals surface area contributed by atoms with Crippen LogP contribution in [0.15, 0.2) is 46.3 Å². The minimum absolute atomic E-state index is 0.0674. The molecule has 0 spiro atoms. The molecule has 0 saturated carbocycles. The molecule has 12 heteroatoms. The first-order valence-corrected chi connectivity index (χ1v) is 12.2. The number of ether oxygens (including phenoxy) is 3. The molecule has 2 aromatic carbocycles. The minimum atomic E-state index is -3.61. The Kier molecular flexibility index (Phi) is 6.23. The molecular formula is C21H21N3O7S2. The Morgan fingerprint density at radius 1 is 1.15 bits per heavy atom. The lowest BCUT2D eigenvalue weighted by Gasteiger charge is -2.11. The lowest BCUT2D eigenvalue weighted by molar-refractivity contribution is -0.143. The van der Waals surface area contributed by atoms with E-state index in [9.17, 15) is 18.0 Å². The highest BCUT2D eigenvalue weighted by Gasteiger charge is 2.20. The fourth-order valence-electron chi connectivity index (χ4n) is 3.17. The number of nitrogens with zero attached hydrogens (tertiary/aromatic N) is 3. The molecule has 0 saturated heterocycles. The number of carbonyl (C=O) groups is 2. The summed E-state index contributed by atoms with van der Waals surface area (Å²) < 4.78 is 43.8. The van der Waals surface area contributed by atoms with Crippen molar-refractivity contribution in [3.63, 3.8) is 0 Å². The van der Waals surface area contributed by atoms with E-state index in [1.165, 1.54) is 49.7 Å². The fourth-order valence-corrected chi connectivity index (χ4v) is 5.10. The number of amides is 1. The topological polar surface area (TPSA) is 117 Å². The third-order valence-electron chi connectivity index (χ3n) is 4.85. The number of sulfonamides is 1. The molecule has 4 rings (SSSR count). The number of hydrogen-bond donors (Lipinski definition) is 0. The van der Waals surface area contributed by atoms with E-state index in [-0.39, 0.29) is 35.2 Å². The average molecular weight is 492 g/mol. The molecule has 2 heterocycles. The largest absolute Gasteiger partial charge is 0.465 e. The molecule has 1 amide bonds. The molecule has 1 aromatic heterocycles. The van der Waals surface area contributed by atoms with E-state index in [1.54, 1.807) is 23.6 Å². The summed E-state index contributed by atoms with van der Waals surface area (Å²) in [5.41, 5.74) is 0.860. The van der Waals surface area contributed by atoms with Gasteiger partial charge in [0.1, 0.15) is 6.54 Å². The lowest BCUT2D eigenvalue weighted by Crippen LogP contribution is -2.23. The third-order valence-corrected chi connectivity index (χ3v) is 7.72. The van der Waals surface area contributed by atoms with Crippen molar-refractivity contribution in [1.82, 2.24) is 8.87 Å². The van der Waals surface area contributed by atoms with Crippen LogP contribution >= 0.6 is 11.3 Å². The Bertz CT molecular complexity index is 1400. The monoisotopic (exact) mass is 491 g/mol. The van der Waals surface area contributed by atoms with E-state index in [4.69, 9.17) is 14.2 Å². The second-order valence-corrected chi connectivity index (χ2v) is 10.3. The highest BCUT2D eigenvalue weighted by molar-refractivity contribution is 7.89. The van der Waals surface area contributed by atoms with Crippen LogP contribution in [0.3, 0.4) is 0 Å². The van der Waals surface area contributed by atoms with Gasteiger partial charge >= 0.3 is 5.97 Å². The maximum Gasteiger partial charge on any atom is 0.326 e. The van der Waals surface area contributed by atoms with Crippen LogP contribution in [0, 0.1) is 0 Å². The molecule has 0 fully saturated rings. The summed E-state index contributed by atoms with van der Waals surface area (Å²) in [6.45, 7) is 1.90. The molecule has 1 aliphatic heterocycles. The molecule has 0 unspecified atom stereocenters. The smallest absolute Gasteiger partial charge is 0.326 e. The zero-order chi connectivity index (χ0) is 23.8. The van der Waals surface area contributed by atoms with Gasteiger partial charge in [-0.15, -0.1) is 0 Å². The summed E-state index contributed by atoms with van der Waals surface area (Å²) in [6, 6.07) is 9.03. The summed E-state index contributed by atoms with van der Waals surface area (Å²) in [5.74, 6) is 0.0612. The molecule has 174 valence electrons. The summed E-state index contributed by atoms with van der Waals surface area (Å²) in [7, 11) is -0.752. The van der Waals surface area contributed by atoms with Crippen molar-refractivity contribution >= 4 is 43.5 Å². The Hall–Kier alpha value is -3.22. The number of fused-ring (bicyclic) bond motifs is 2. The predicted octanol–water partition coefficient (Wildman–Crippen LogP) is 1.99. The number of carbonyl (C=O) groups excluding carboxylic acids is 2. The van der Waals surface area contributed by atoms with Crippen LogP contribution in [-0.4, -0.2) is 56.7 Å². The number of benzene rings is 2. The van der Waals surface area contributed by atoms with Crippen LogP contribution in [0.5, 0.6) is 11.5 Å². The molecule has 0 N–H and O–H groups in total. The van der Waals surface area contributed by atoms with Crippen molar-refractivity contribution in [1.29, 1.82) is 0 Å². The summed E-state index contributed by atoms with van der Waals surface area (Å²) in [5, 5.41) is 0. The summed E-state index contributed by atoms with van der Waals surface area (Å²) >= 11 is 1.21. The van der Waals surface area contributed by atoms with E-state index in [2.05, 4.69) is 4.99 Å². The van der Waals surface area contributed by atoms with Crippen LogP contribution in [0.25, 0.3) is 10.2 Å². The van der Waals surface area contributed by atoms with E-state index >= 15 is 0 Å². The molecule has 0 radical (unpaired) electrons. The van der Waals surface area contributed by atoms with Crippen molar-refractivity contribution in [3.8, 4) is 11.5 Å². The van der Waals surface area contributed by atoms with Gasteiger partial charge in [-0.25, -0.2) is 12.7 Å². The quantitative estimate of drug-likeness (QED) is 0.484. The van der Waals surface area contributed by atoms with Crippen molar-refractivity contribution in [2.75, 3.05) is 27.5 Å². The van der Waals surface area contributed by atoms with E-state index in [0.29, 0.717) is 17.0 Å². The Balaban J connectivity index is 1.75. The average Bonchev–Trinajstić information content (AvgIpc) is 3.36. The van der Waals surface area contributed by atoms with Gasteiger partial charge in [-0.2, -0.15) is 4.99 Å². The van der Waals surface area contributed by atoms with Gasteiger partial charge in [0.15, 0.2) is 16.3 Å². The number of thiazole rings is 1. The third kappa shape index (κ3) is 4.49. The zero-order valence-corrected chi connectivity index (χ0v) is 19.7. The normalized spacial score (nSPS) is 13.6. The molecule has 0 aliphatic carbocycles. The van der Waals surface area contributed by atoms with Gasteiger partial charge in [0.25, 0.3) is 5.91 Å². The molecule has 33 heavy (non-hydrogen) atoms. The first-order chi connectivity index (χ1) is 15.7. The van der Waals surface area contributed by atoms with Crippen molar-refractivity contribution in [3.05, 3.63) is 46.8 Å². The highest BCUT2D eigenvalue weighted by atomic mass is 32.2. The molecule has 0 bridgehead atoms. The zero-order valence-electron chi connectivity index (χ0n) is 18.1. The van der Waals surface area contributed by atoms with Gasteiger partial charge in [-0.1, -0.05) is 11.3 Å². The van der Waals surface area contributed by atoms with Gasteiger partial charge in [-0.3, -0.25) is 9.59 Å². The SMILES string of the molecule is CCOC(=O)Cn1c(=NC(=O)c2ccc(S(=O)(=O)N(C)C)cc2)sc2cc3c(cc21)OCO3. The Morgan fingerprint density at radius 3 is 2.45 bits per heavy atom. The first kappa shape index (κ1) is 23.0. The summed E-state index contributed by atoms with van der Waals surface area (Å²) in [6.07, 6.45) is 0. The van der Waals surface area contributed by atoms with Crippen LogP contribution in [0.4, 0.5) is 0 Å². The van der Waals surface area contributed by atoms with E-state index in [0.717, 1.165) is 9.01 Å². The first-order valence-electron chi connectivity index (χ1n) is 9.91. The number of hydrogen-bond acceptors (Lipinski definition) is 8. The maximum atomic E-state index is 12.9. The van der Waals surface area contributed by atoms with E-state index < -0.39 is 21.9 Å². The maximum absolute atomic E-state index is 12.9. The van der Waals surface area contributed by atoms with Crippen LogP contribution in [0.2, 0.25) is 0 Å². The Labute approximate surface area is 193 Å². The van der Waals surface area contributed by atoms with Crippen LogP contribution in [0.1, 0.15) is 17.3 Å². The molecule has 1 aliphatic rings. The number of esters is 1. The van der Waals surface area contributed by atoms with Gasteiger partial charge in [0.2, 0.25) is 16.8 Å². The second-order valence-electron chi connectivity index (χ2n) is 7.18. The molecule has 10 nitrogen and oxygen atoms in total. The van der Waals surface area contributed by atoms with Crippen LogP contribution in [-0.2, 0) is 26.1 Å². The predicted molar refractivity (Wildman–Crippen MR) is 120 cm³/mol. The lowest BCUT2D eigenvalue weighted by atomic mass is 10.2. The molecule has 0 atom stereocenters. The van der Waals surface area contributed by atoms with Gasteiger partial charge in [-0.05, 0) is 31.2 Å².